The average Bonchev–Trinajstić information content (AvgIpc) is 3.12. The van der Waals surface area contributed by atoms with Crippen molar-refractivity contribution in [1.82, 2.24) is 14.6 Å². The molecule has 0 aliphatic rings. The van der Waals surface area contributed by atoms with E-state index in [1.54, 1.807) is 29.0 Å². The smallest absolute Gasteiger partial charge is 0.256 e. The molecule has 0 bridgehead atoms. The van der Waals surface area contributed by atoms with Crippen molar-refractivity contribution in [3.63, 3.8) is 0 Å². The van der Waals surface area contributed by atoms with E-state index in [2.05, 4.69) is 34.1 Å². The van der Waals surface area contributed by atoms with Crippen molar-refractivity contribution >= 4 is 23.1 Å². The Kier molecular flexibility index (Phi) is 5.28. The zero-order valence-electron chi connectivity index (χ0n) is 14.6. The van der Waals surface area contributed by atoms with Crippen molar-refractivity contribution in [1.29, 1.82) is 0 Å². The van der Waals surface area contributed by atoms with Crippen molar-refractivity contribution in [3.8, 4) is 0 Å². The van der Waals surface area contributed by atoms with Gasteiger partial charge in [0.25, 0.3) is 5.91 Å². The van der Waals surface area contributed by atoms with Gasteiger partial charge < -0.3 is 10.2 Å². The normalized spacial score (nSPS) is 10.8. The van der Waals surface area contributed by atoms with Crippen LogP contribution < -0.4 is 10.2 Å². The molecular weight excluding hydrogens is 314 g/mol. The van der Waals surface area contributed by atoms with Crippen molar-refractivity contribution < 1.29 is 4.79 Å². The third-order valence-corrected chi connectivity index (χ3v) is 4.19. The van der Waals surface area contributed by atoms with E-state index in [4.69, 9.17) is 0 Å². The van der Waals surface area contributed by atoms with Crippen molar-refractivity contribution in [2.45, 2.75) is 26.7 Å². The van der Waals surface area contributed by atoms with Crippen molar-refractivity contribution in [2.75, 3.05) is 23.3 Å². The zero-order valence-corrected chi connectivity index (χ0v) is 14.6. The van der Waals surface area contributed by atoms with E-state index in [9.17, 15) is 4.79 Å². The fraction of sp³-hybridized carbons (Fsp3) is 0.316. The Morgan fingerprint density at radius 3 is 2.64 bits per heavy atom. The number of hydrogen-bond donors (Lipinski definition) is 1. The number of carbonyl (C=O) groups is 1. The van der Waals surface area contributed by atoms with Gasteiger partial charge in [0.05, 0.1) is 6.20 Å². The zero-order chi connectivity index (χ0) is 17.6. The van der Waals surface area contributed by atoms with Crippen LogP contribution in [0.15, 0.2) is 48.8 Å². The predicted molar refractivity (Wildman–Crippen MR) is 100 cm³/mol. The van der Waals surface area contributed by atoms with Gasteiger partial charge in [0.1, 0.15) is 5.82 Å². The number of amides is 1. The molecule has 0 atom stereocenters. The lowest BCUT2D eigenvalue weighted by Gasteiger charge is -2.23. The van der Waals surface area contributed by atoms with E-state index < -0.39 is 0 Å². The standard InChI is InChI=1S/C19H23N5O/c1-3-5-14-23(4-2)16-8-6-15(7-9-16)19(25)22-18-10-12-20-17-11-13-21-24(17)18/h6-13H,3-5,14H2,1-2H3,(H,22,25). The number of rotatable bonds is 7. The molecule has 0 saturated heterocycles. The van der Waals surface area contributed by atoms with Gasteiger partial charge in [-0.25, -0.2) is 4.98 Å². The summed E-state index contributed by atoms with van der Waals surface area (Å²) in [6.45, 7) is 6.33. The highest BCUT2D eigenvalue weighted by Gasteiger charge is 2.10. The average molecular weight is 337 g/mol. The lowest BCUT2D eigenvalue weighted by molar-refractivity contribution is 0.102. The third-order valence-electron chi connectivity index (χ3n) is 4.19. The molecule has 3 rings (SSSR count). The van der Waals surface area contributed by atoms with Crippen LogP contribution >= 0.6 is 0 Å². The third kappa shape index (κ3) is 3.79. The Bertz CT molecular complexity index is 840. The highest BCUT2D eigenvalue weighted by Crippen LogP contribution is 2.17. The molecule has 0 spiro atoms. The van der Waals surface area contributed by atoms with Crippen LogP contribution in [-0.4, -0.2) is 33.6 Å². The first kappa shape index (κ1) is 17.0. The monoisotopic (exact) mass is 337 g/mol. The molecule has 1 amide bonds. The lowest BCUT2D eigenvalue weighted by atomic mass is 10.1. The first-order valence-electron chi connectivity index (χ1n) is 8.68. The van der Waals surface area contributed by atoms with Gasteiger partial charge in [0.2, 0.25) is 0 Å². The number of aromatic nitrogens is 3. The minimum atomic E-state index is -0.161. The molecule has 0 aliphatic carbocycles. The molecule has 2 heterocycles. The summed E-state index contributed by atoms with van der Waals surface area (Å²) in [6.07, 6.45) is 5.65. The largest absolute Gasteiger partial charge is 0.372 e. The minimum absolute atomic E-state index is 0.161. The summed E-state index contributed by atoms with van der Waals surface area (Å²) >= 11 is 0. The van der Waals surface area contributed by atoms with E-state index in [0.29, 0.717) is 17.0 Å². The maximum absolute atomic E-state index is 12.5. The van der Waals surface area contributed by atoms with E-state index in [1.807, 2.05) is 24.3 Å². The van der Waals surface area contributed by atoms with Gasteiger partial charge in [-0.3, -0.25) is 4.79 Å². The first-order valence-corrected chi connectivity index (χ1v) is 8.68. The van der Waals surface area contributed by atoms with Gasteiger partial charge in [-0.2, -0.15) is 9.61 Å². The molecule has 0 fully saturated rings. The second-order valence-electron chi connectivity index (χ2n) is 5.87. The van der Waals surface area contributed by atoms with E-state index in [0.717, 1.165) is 25.2 Å². The lowest BCUT2D eigenvalue weighted by Crippen LogP contribution is -2.23. The summed E-state index contributed by atoms with van der Waals surface area (Å²) in [5, 5.41) is 7.07. The number of anilines is 2. The predicted octanol–water partition coefficient (Wildman–Crippen LogP) is 3.61. The van der Waals surface area contributed by atoms with Gasteiger partial charge in [0.15, 0.2) is 5.65 Å². The van der Waals surface area contributed by atoms with E-state index in [-0.39, 0.29) is 5.91 Å². The maximum atomic E-state index is 12.5. The summed E-state index contributed by atoms with van der Waals surface area (Å²) < 4.78 is 1.61. The molecule has 6 heteroatoms. The highest BCUT2D eigenvalue weighted by atomic mass is 16.1. The molecule has 25 heavy (non-hydrogen) atoms. The maximum Gasteiger partial charge on any atom is 0.256 e. The van der Waals surface area contributed by atoms with Gasteiger partial charge in [-0.05, 0) is 43.7 Å². The highest BCUT2D eigenvalue weighted by molar-refractivity contribution is 6.04. The molecule has 1 N–H and O–H groups in total. The Morgan fingerprint density at radius 2 is 1.92 bits per heavy atom. The Hall–Kier alpha value is -2.89. The Balaban J connectivity index is 1.73. The molecule has 6 nitrogen and oxygen atoms in total. The number of unbranched alkanes of at least 4 members (excludes halogenated alkanes) is 1. The quantitative estimate of drug-likeness (QED) is 0.715. The molecule has 0 aliphatic heterocycles. The Labute approximate surface area is 147 Å². The minimum Gasteiger partial charge on any atom is -0.372 e. The van der Waals surface area contributed by atoms with E-state index in [1.165, 1.54) is 6.42 Å². The van der Waals surface area contributed by atoms with Crippen molar-refractivity contribution in [2.24, 2.45) is 0 Å². The first-order chi connectivity index (χ1) is 12.2. The van der Waals surface area contributed by atoms with Crippen LogP contribution in [0, 0.1) is 0 Å². The SMILES string of the molecule is CCCCN(CC)c1ccc(C(=O)Nc2ccnc3ccnn23)cc1. The second kappa shape index (κ2) is 7.79. The van der Waals surface area contributed by atoms with Gasteiger partial charge >= 0.3 is 0 Å². The summed E-state index contributed by atoms with van der Waals surface area (Å²) in [6, 6.07) is 11.3. The van der Waals surface area contributed by atoms with Crippen LogP contribution in [0.3, 0.4) is 0 Å². The van der Waals surface area contributed by atoms with Crippen LogP contribution in [-0.2, 0) is 0 Å². The Morgan fingerprint density at radius 1 is 1.12 bits per heavy atom. The van der Waals surface area contributed by atoms with Crippen LogP contribution in [0.25, 0.3) is 5.65 Å². The fourth-order valence-electron chi connectivity index (χ4n) is 2.76. The van der Waals surface area contributed by atoms with Crippen molar-refractivity contribution in [3.05, 3.63) is 54.4 Å². The number of nitrogens with zero attached hydrogens (tertiary/aromatic N) is 4. The van der Waals surface area contributed by atoms with E-state index >= 15 is 0 Å². The molecule has 0 radical (unpaired) electrons. The molecular formula is C19H23N5O. The number of benzene rings is 1. The van der Waals surface area contributed by atoms with Gasteiger partial charge in [-0.1, -0.05) is 13.3 Å². The molecule has 0 unspecified atom stereocenters. The second-order valence-corrected chi connectivity index (χ2v) is 5.87. The number of fused-ring (bicyclic) bond motifs is 1. The number of nitrogens with one attached hydrogen (secondary N) is 1. The molecule has 130 valence electrons. The number of hydrogen-bond acceptors (Lipinski definition) is 4. The molecule has 2 aromatic heterocycles. The van der Waals surface area contributed by atoms with Crippen LogP contribution in [0.4, 0.5) is 11.5 Å². The summed E-state index contributed by atoms with van der Waals surface area (Å²) in [4.78, 5) is 19.0. The molecule has 1 aromatic carbocycles. The molecule has 3 aromatic rings. The summed E-state index contributed by atoms with van der Waals surface area (Å²) in [5.41, 5.74) is 2.46. The fourth-order valence-corrected chi connectivity index (χ4v) is 2.76. The van der Waals surface area contributed by atoms with Gasteiger partial charge in [0, 0.05) is 36.6 Å². The van der Waals surface area contributed by atoms with Crippen LogP contribution in [0.2, 0.25) is 0 Å². The number of carbonyl (C=O) groups excluding carboxylic acids is 1. The summed E-state index contributed by atoms with van der Waals surface area (Å²) in [7, 11) is 0. The topological polar surface area (TPSA) is 62.5 Å². The van der Waals surface area contributed by atoms with Crippen LogP contribution in [0.1, 0.15) is 37.0 Å². The summed E-state index contributed by atoms with van der Waals surface area (Å²) in [5.74, 6) is 0.438. The van der Waals surface area contributed by atoms with Gasteiger partial charge in [-0.15, -0.1) is 0 Å². The van der Waals surface area contributed by atoms with Crippen LogP contribution in [0.5, 0.6) is 0 Å². The molecule has 0 saturated carbocycles.